The number of rotatable bonds is 5. The molecule has 0 saturated carbocycles. The number of nitrogens with zero attached hydrogens (tertiary/aromatic N) is 3. The second-order valence-electron chi connectivity index (χ2n) is 3.95. The van der Waals surface area contributed by atoms with E-state index in [1.807, 2.05) is 0 Å². The summed E-state index contributed by atoms with van der Waals surface area (Å²) in [6, 6.07) is 4.74. The van der Waals surface area contributed by atoms with Crippen LogP contribution in [-0.2, 0) is 6.18 Å². The van der Waals surface area contributed by atoms with Gasteiger partial charge in [0.05, 0.1) is 11.6 Å². The molecule has 0 aliphatic heterocycles. The molecule has 0 unspecified atom stereocenters. The molecule has 1 heterocycles. The maximum absolute atomic E-state index is 12.5. The van der Waals surface area contributed by atoms with Gasteiger partial charge in [0.25, 0.3) is 5.82 Å². The molecule has 1 aromatic carbocycles. The van der Waals surface area contributed by atoms with E-state index in [0.717, 1.165) is 11.8 Å². The smallest absolute Gasteiger partial charge is 0.453 e. The van der Waals surface area contributed by atoms with Crippen LogP contribution in [-0.4, -0.2) is 27.2 Å². The highest BCUT2D eigenvalue weighted by Gasteiger charge is 2.38. The van der Waals surface area contributed by atoms with Crippen molar-refractivity contribution >= 4 is 35.0 Å². The number of benzene rings is 1. The Morgan fingerprint density at radius 2 is 2.00 bits per heavy atom. The van der Waals surface area contributed by atoms with Gasteiger partial charge in [-0.05, 0) is 18.2 Å². The molecule has 0 aliphatic carbocycles. The zero-order chi connectivity index (χ0) is 16.3. The van der Waals surface area contributed by atoms with Crippen molar-refractivity contribution in [3.63, 3.8) is 0 Å². The van der Waals surface area contributed by atoms with Gasteiger partial charge in [0.15, 0.2) is 0 Å². The predicted octanol–water partition coefficient (Wildman–Crippen LogP) is 3.49. The molecule has 1 aromatic heterocycles. The van der Waals surface area contributed by atoms with Gasteiger partial charge in [0, 0.05) is 10.8 Å². The summed E-state index contributed by atoms with van der Waals surface area (Å²) in [5, 5.41) is 7.16. The van der Waals surface area contributed by atoms with E-state index >= 15 is 0 Å². The molecule has 0 aliphatic rings. The van der Waals surface area contributed by atoms with Crippen LogP contribution in [0.5, 0.6) is 5.75 Å². The minimum atomic E-state index is -4.64. The summed E-state index contributed by atoms with van der Waals surface area (Å²) in [6.07, 6.45) is -4.64. The zero-order valence-corrected chi connectivity index (χ0v) is 13.1. The van der Waals surface area contributed by atoms with Gasteiger partial charge in [0.1, 0.15) is 5.75 Å². The van der Waals surface area contributed by atoms with Crippen LogP contribution in [0.25, 0.3) is 0 Å². The molecule has 5 nitrogen and oxygen atoms in total. The second-order valence-corrected chi connectivity index (χ2v) is 5.85. The maximum atomic E-state index is 12.5. The Kier molecular flexibility index (Phi) is 5.30. The first-order chi connectivity index (χ1) is 10.3. The molecule has 2 rings (SSSR count). The fraction of sp³-hybridized carbons (Fsp3) is 0.273. The summed E-state index contributed by atoms with van der Waals surface area (Å²) in [5.41, 5.74) is 0. The Balaban J connectivity index is 1.88. The Morgan fingerprint density at radius 1 is 1.27 bits per heavy atom. The van der Waals surface area contributed by atoms with E-state index in [9.17, 15) is 13.2 Å². The second kappa shape index (κ2) is 6.84. The lowest BCUT2D eigenvalue weighted by Gasteiger charge is -2.08. The van der Waals surface area contributed by atoms with Gasteiger partial charge < -0.3 is 10.6 Å². The molecule has 0 radical (unpaired) electrons. The van der Waals surface area contributed by atoms with E-state index in [1.165, 1.54) is 6.07 Å². The quantitative estimate of drug-likeness (QED) is 0.494. The molecule has 0 amide bonds. The van der Waals surface area contributed by atoms with Crippen LogP contribution < -0.4 is 10.6 Å². The summed E-state index contributed by atoms with van der Waals surface area (Å²) < 4.78 is 43.3. The third-order valence-electron chi connectivity index (χ3n) is 2.38. The summed E-state index contributed by atoms with van der Waals surface area (Å²) in [5.74, 6) is 4.78. The van der Waals surface area contributed by atoms with Gasteiger partial charge in [-0.1, -0.05) is 35.0 Å². The average Bonchev–Trinajstić information content (AvgIpc) is 2.78. The van der Waals surface area contributed by atoms with Crippen molar-refractivity contribution in [3.8, 4) is 5.75 Å². The number of nitrogens with two attached hydrogens (primary N) is 1. The summed E-state index contributed by atoms with van der Waals surface area (Å²) in [4.78, 5) is 0. The first-order valence-corrected chi connectivity index (χ1v) is 7.51. The molecule has 0 atom stereocenters. The van der Waals surface area contributed by atoms with E-state index in [-0.39, 0.29) is 11.8 Å². The Bertz CT molecular complexity index is 665. The lowest BCUT2D eigenvalue weighted by Crippen LogP contribution is -2.21. The number of alkyl halides is 3. The molecule has 22 heavy (non-hydrogen) atoms. The zero-order valence-electron chi connectivity index (χ0n) is 10.8. The van der Waals surface area contributed by atoms with E-state index < -0.39 is 12.0 Å². The maximum Gasteiger partial charge on any atom is 0.453 e. The number of thioether (sulfide) groups is 1. The normalized spacial score (nSPS) is 11.7. The minimum Gasteiger partial charge on any atom is -0.491 e. The van der Waals surface area contributed by atoms with E-state index in [2.05, 4.69) is 10.2 Å². The summed E-state index contributed by atoms with van der Waals surface area (Å²) >= 11 is 12.6. The standard InChI is InChI=1S/C11H9Cl2F3N4OS/c12-6-1-2-8(7(13)5-6)21-3-4-22-10-19-18-9(20(10)17)11(14,15)16/h1-2,5H,3-4,17H2. The summed E-state index contributed by atoms with van der Waals surface area (Å²) in [7, 11) is 0. The number of aromatic nitrogens is 3. The van der Waals surface area contributed by atoms with Crippen LogP contribution in [0, 0.1) is 0 Å². The minimum absolute atomic E-state index is 0.0573. The highest BCUT2D eigenvalue weighted by atomic mass is 35.5. The number of nitrogen functional groups attached to an aromatic ring is 1. The molecule has 0 saturated heterocycles. The van der Waals surface area contributed by atoms with Crippen molar-refractivity contribution < 1.29 is 17.9 Å². The molecule has 2 N–H and O–H groups in total. The molecular weight excluding hydrogens is 364 g/mol. The molecule has 11 heteroatoms. The van der Waals surface area contributed by atoms with Gasteiger partial charge in [-0.25, -0.2) is 4.68 Å². The van der Waals surface area contributed by atoms with E-state index in [1.54, 1.807) is 12.1 Å². The number of hydrogen-bond donors (Lipinski definition) is 1. The van der Waals surface area contributed by atoms with Gasteiger partial charge >= 0.3 is 6.18 Å². The van der Waals surface area contributed by atoms with Gasteiger partial charge in [-0.2, -0.15) is 13.2 Å². The summed E-state index contributed by atoms with van der Waals surface area (Å²) in [6.45, 7) is 0.195. The van der Waals surface area contributed by atoms with Crippen LogP contribution in [0.15, 0.2) is 23.4 Å². The highest BCUT2D eigenvalue weighted by Crippen LogP contribution is 2.29. The highest BCUT2D eigenvalue weighted by molar-refractivity contribution is 7.99. The lowest BCUT2D eigenvalue weighted by molar-refractivity contribution is -0.146. The molecule has 2 aromatic rings. The monoisotopic (exact) mass is 372 g/mol. The average molecular weight is 373 g/mol. The number of hydrogen-bond acceptors (Lipinski definition) is 5. The molecule has 0 fully saturated rings. The first-order valence-electron chi connectivity index (χ1n) is 5.77. The van der Waals surface area contributed by atoms with Crippen molar-refractivity contribution in [3.05, 3.63) is 34.1 Å². The third kappa shape index (κ3) is 4.11. The Hall–Kier alpha value is -1.32. The van der Waals surface area contributed by atoms with Crippen LogP contribution >= 0.6 is 35.0 Å². The van der Waals surface area contributed by atoms with Crippen LogP contribution in [0.1, 0.15) is 5.82 Å². The third-order valence-corrected chi connectivity index (χ3v) is 3.82. The molecule has 0 spiro atoms. The lowest BCUT2D eigenvalue weighted by atomic mass is 10.3. The fourth-order valence-electron chi connectivity index (χ4n) is 1.45. The van der Waals surface area contributed by atoms with Gasteiger partial charge in [0.2, 0.25) is 5.16 Å². The van der Waals surface area contributed by atoms with E-state index in [4.69, 9.17) is 33.8 Å². The molecule has 120 valence electrons. The topological polar surface area (TPSA) is 66.0 Å². The largest absolute Gasteiger partial charge is 0.491 e. The van der Waals surface area contributed by atoms with Crippen molar-refractivity contribution in [2.24, 2.45) is 0 Å². The van der Waals surface area contributed by atoms with Crippen molar-refractivity contribution in [2.45, 2.75) is 11.3 Å². The SMILES string of the molecule is Nn1c(SCCOc2ccc(Cl)cc2Cl)nnc1C(F)(F)F. The fourth-order valence-corrected chi connectivity index (χ4v) is 2.58. The van der Waals surface area contributed by atoms with Crippen molar-refractivity contribution in [2.75, 3.05) is 18.2 Å². The van der Waals surface area contributed by atoms with Gasteiger partial charge in [-0.15, -0.1) is 10.2 Å². The van der Waals surface area contributed by atoms with Crippen molar-refractivity contribution in [1.29, 1.82) is 0 Å². The van der Waals surface area contributed by atoms with Crippen LogP contribution in [0.3, 0.4) is 0 Å². The number of ether oxygens (including phenoxy) is 1. The molecular formula is C11H9Cl2F3N4OS. The first kappa shape index (κ1) is 17.0. The number of halogens is 5. The van der Waals surface area contributed by atoms with E-state index in [0.29, 0.717) is 26.2 Å². The molecule has 0 bridgehead atoms. The Labute approximate surface area is 137 Å². The van der Waals surface area contributed by atoms with Crippen molar-refractivity contribution in [1.82, 2.24) is 14.9 Å². The Morgan fingerprint density at radius 3 is 2.59 bits per heavy atom. The van der Waals surface area contributed by atoms with Crippen LogP contribution in [0.2, 0.25) is 10.0 Å². The van der Waals surface area contributed by atoms with Gasteiger partial charge in [-0.3, -0.25) is 0 Å². The predicted molar refractivity (Wildman–Crippen MR) is 77.9 cm³/mol. The van der Waals surface area contributed by atoms with Crippen LogP contribution in [0.4, 0.5) is 13.2 Å².